The van der Waals surface area contributed by atoms with E-state index in [2.05, 4.69) is 0 Å². The number of nitro groups is 1. The van der Waals surface area contributed by atoms with E-state index in [1.165, 1.54) is 18.2 Å². The zero-order chi connectivity index (χ0) is 15.6. The smallest absolute Gasteiger partial charge is 0.270 e. The van der Waals surface area contributed by atoms with Crippen LogP contribution in [0.15, 0.2) is 24.3 Å². The predicted octanol–water partition coefficient (Wildman–Crippen LogP) is 0.732. The Balaban J connectivity index is 2.21. The van der Waals surface area contributed by atoms with Crippen LogP contribution in [0, 0.1) is 10.1 Å². The summed E-state index contributed by atoms with van der Waals surface area (Å²) in [7, 11) is 3.81. The number of benzene rings is 1. The number of aliphatic hydroxyl groups excluding tert-OH is 1. The Labute approximate surface area is 122 Å². The molecule has 114 valence electrons. The second-order valence-electron chi connectivity index (χ2n) is 5.57. The minimum absolute atomic E-state index is 0.0817. The molecule has 1 fully saturated rings. The molecule has 7 nitrogen and oxygen atoms in total. The summed E-state index contributed by atoms with van der Waals surface area (Å²) in [5.74, 6) is -0.276. The minimum Gasteiger partial charge on any atom is -0.391 e. The number of hydrogen-bond acceptors (Lipinski definition) is 5. The first kappa shape index (κ1) is 15.4. The highest BCUT2D eigenvalue weighted by Crippen LogP contribution is 2.22. The van der Waals surface area contributed by atoms with Gasteiger partial charge in [0, 0.05) is 36.8 Å². The molecule has 2 unspecified atom stereocenters. The Kier molecular flexibility index (Phi) is 4.54. The van der Waals surface area contributed by atoms with Crippen molar-refractivity contribution in [1.29, 1.82) is 0 Å². The molecule has 0 saturated carbocycles. The first-order valence-corrected chi connectivity index (χ1v) is 6.76. The molecular formula is C14H19N3O4. The number of non-ortho nitro benzene ring substituents is 1. The maximum absolute atomic E-state index is 12.5. The Morgan fingerprint density at radius 1 is 1.52 bits per heavy atom. The fraction of sp³-hybridized carbons (Fsp3) is 0.500. The second kappa shape index (κ2) is 6.19. The Morgan fingerprint density at radius 2 is 2.24 bits per heavy atom. The number of rotatable bonds is 4. The molecule has 1 aliphatic rings. The molecule has 0 aromatic heterocycles. The van der Waals surface area contributed by atoms with E-state index >= 15 is 0 Å². The first-order valence-electron chi connectivity index (χ1n) is 6.76. The lowest BCUT2D eigenvalue weighted by molar-refractivity contribution is -0.384. The molecule has 0 aliphatic carbocycles. The second-order valence-corrected chi connectivity index (χ2v) is 5.57. The molecule has 21 heavy (non-hydrogen) atoms. The molecule has 7 heteroatoms. The van der Waals surface area contributed by atoms with Gasteiger partial charge in [0.15, 0.2) is 0 Å². The number of β-amino-alcohol motifs (C(OH)–C–C–N with tert-alkyl or cyclic N) is 1. The lowest BCUT2D eigenvalue weighted by atomic mass is 10.1. The highest BCUT2D eigenvalue weighted by atomic mass is 16.6. The zero-order valence-corrected chi connectivity index (χ0v) is 12.1. The van der Waals surface area contributed by atoms with Crippen LogP contribution in [-0.2, 0) is 0 Å². The maximum Gasteiger partial charge on any atom is 0.270 e. The van der Waals surface area contributed by atoms with Crippen molar-refractivity contribution < 1.29 is 14.8 Å². The maximum atomic E-state index is 12.5. The van der Waals surface area contributed by atoms with E-state index in [1.807, 2.05) is 19.0 Å². The van der Waals surface area contributed by atoms with E-state index in [9.17, 15) is 20.0 Å². The highest BCUT2D eigenvalue weighted by Gasteiger charge is 2.35. The quantitative estimate of drug-likeness (QED) is 0.653. The molecule has 0 bridgehead atoms. The Bertz CT molecular complexity index is 547. The van der Waals surface area contributed by atoms with Crippen molar-refractivity contribution in [2.24, 2.45) is 0 Å². The molecule has 2 rings (SSSR count). The summed E-state index contributed by atoms with van der Waals surface area (Å²) in [6.07, 6.45) is -0.0173. The van der Waals surface area contributed by atoms with Crippen molar-refractivity contribution in [2.75, 3.05) is 27.2 Å². The van der Waals surface area contributed by atoms with Gasteiger partial charge in [-0.25, -0.2) is 0 Å². The topological polar surface area (TPSA) is 86.9 Å². The Morgan fingerprint density at radius 3 is 2.86 bits per heavy atom. The van der Waals surface area contributed by atoms with Crippen LogP contribution in [0.3, 0.4) is 0 Å². The predicted molar refractivity (Wildman–Crippen MR) is 77.1 cm³/mol. The van der Waals surface area contributed by atoms with Crippen LogP contribution in [0.5, 0.6) is 0 Å². The largest absolute Gasteiger partial charge is 0.391 e. The van der Waals surface area contributed by atoms with Gasteiger partial charge in [0.1, 0.15) is 0 Å². The molecule has 1 aromatic rings. The van der Waals surface area contributed by atoms with Crippen LogP contribution in [0.4, 0.5) is 5.69 Å². The van der Waals surface area contributed by atoms with Crippen molar-refractivity contribution in [2.45, 2.75) is 18.6 Å². The van der Waals surface area contributed by atoms with Crippen molar-refractivity contribution >= 4 is 11.6 Å². The van der Waals surface area contributed by atoms with Crippen LogP contribution < -0.4 is 0 Å². The van der Waals surface area contributed by atoms with Gasteiger partial charge in [0.05, 0.1) is 11.0 Å². The zero-order valence-electron chi connectivity index (χ0n) is 12.1. The number of likely N-dealkylation sites (tertiary alicyclic amines) is 1. The highest BCUT2D eigenvalue weighted by molar-refractivity contribution is 5.95. The van der Waals surface area contributed by atoms with E-state index < -0.39 is 11.0 Å². The first-order chi connectivity index (χ1) is 9.88. The third-order valence-electron chi connectivity index (χ3n) is 3.53. The lowest BCUT2D eigenvalue weighted by Gasteiger charge is -2.26. The van der Waals surface area contributed by atoms with E-state index in [1.54, 1.807) is 11.0 Å². The summed E-state index contributed by atoms with van der Waals surface area (Å²) in [6, 6.07) is 5.61. The van der Waals surface area contributed by atoms with E-state index in [0.717, 1.165) is 0 Å². The third kappa shape index (κ3) is 3.56. The van der Waals surface area contributed by atoms with Crippen LogP contribution >= 0.6 is 0 Å². The molecule has 1 N–H and O–H groups in total. The van der Waals surface area contributed by atoms with Crippen LogP contribution in [-0.4, -0.2) is 65.1 Å². The van der Waals surface area contributed by atoms with Gasteiger partial charge >= 0.3 is 0 Å². The van der Waals surface area contributed by atoms with E-state index in [-0.39, 0.29) is 29.7 Å². The number of nitro benzene ring substituents is 1. The van der Waals surface area contributed by atoms with Crippen molar-refractivity contribution in [1.82, 2.24) is 9.80 Å². The van der Waals surface area contributed by atoms with E-state index in [0.29, 0.717) is 13.0 Å². The summed E-state index contributed by atoms with van der Waals surface area (Å²) < 4.78 is 0. The average Bonchev–Trinajstić information content (AvgIpc) is 2.78. The molecule has 0 spiro atoms. The fourth-order valence-electron chi connectivity index (χ4n) is 2.65. The molecule has 2 atom stereocenters. The molecule has 1 heterocycles. The van der Waals surface area contributed by atoms with Crippen LogP contribution in [0.1, 0.15) is 16.8 Å². The normalized spacial score (nSPS) is 21.8. The van der Waals surface area contributed by atoms with E-state index in [4.69, 9.17) is 0 Å². The monoisotopic (exact) mass is 293 g/mol. The average molecular weight is 293 g/mol. The van der Waals surface area contributed by atoms with Gasteiger partial charge in [0.25, 0.3) is 11.6 Å². The number of carbonyl (C=O) groups is 1. The summed E-state index contributed by atoms with van der Waals surface area (Å²) >= 11 is 0. The van der Waals surface area contributed by atoms with Gasteiger partial charge in [-0.3, -0.25) is 14.9 Å². The minimum atomic E-state index is -0.544. The summed E-state index contributed by atoms with van der Waals surface area (Å²) in [5.41, 5.74) is 0.173. The van der Waals surface area contributed by atoms with Gasteiger partial charge in [-0.2, -0.15) is 0 Å². The number of amides is 1. The molecule has 1 saturated heterocycles. The number of aliphatic hydroxyl groups is 1. The SMILES string of the molecule is CN(C)CC1CC(O)CN1C(=O)c1cccc([N+](=O)[O-])c1. The van der Waals surface area contributed by atoms with Gasteiger partial charge in [-0.15, -0.1) is 0 Å². The number of hydrogen-bond donors (Lipinski definition) is 1. The van der Waals surface area contributed by atoms with Crippen LogP contribution in [0.25, 0.3) is 0 Å². The van der Waals surface area contributed by atoms with Crippen LogP contribution in [0.2, 0.25) is 0 Å². The summed E-state index contributed by atoms with van der Waals surface area (Å²) in [5, 5.41) is 20.6. The molecule has 0 radical (unpaired) electrons. The number of carbonyl (C=O) groups excluding carboxylic acids is 1. The summed E-state index contributed by atoms with van der Waals surface area (Å²) in [6.45, 7) is 0.914. The fourth-order valence-corrected chi connectivity index (χ4v) is 2.65. The van der Waals surface area contributed by atoms with Gasteiger partial charge < -0.3 is 14.9 Å². The van der Waals surface area contributed by atoms with Crippen molar-refractivity contribution in [3.8, 4) is 0 Å². The van der Waals surface area contributed by atoms with Gasteiger partial charge in [0.2, 0.25) is 0 Å². The molecule has 1 aliphatic heterocycles. The molecular weight excluding hydrogens is 274 g/mol. The van der Waals surface area contributed by atoms with Crippen molar-refractivity contribution in [3.63, 3.8) is 0 Å². The third-order valence-corrected chi connectivity index (χ3v) is 3.53. The Hall–Kier alpha value is -1.99. The number of nitrogens with zero attached hydrogens (tertiary/aromatic N) is 3. The molecule has 1 aromatic carbocycles. The van der Waals surface area contributed by atoms with Gasteiger partial charge in [-0.05, 0) is 26.6 Å². The summed E-state index contributed by atoms with van der Waals surface area (Å²) in [4.78, 5) is 26.4. The van der Waals surface area contributed by atoms with Crippen molar-refractivity contribution in [3.05, 3.63) is 39.9 Å². The lowest BCUT2D eigenvalue weighted by Crippen LogP contribution is -2.41. The van der Waals surface area contributed by atoms with Gasteiger partial charge in [-0.1, -0.05) is 6.07 Å². The standard InChI is InChI=1S/C14H19N3O4/c1-15(2)8-12-7-13(18)9-16(12)14(19)10-4-3-5-11(6-10)17(20)21/h3-6,12-13,18H,7-9H2,1-2H3. The molecule has 1 amide bonds. The number of likely N-dealkylation sites (N-methyl/N-ethyl adjacent to an activating group) is 1.